The van der Waals surface area contributed by atoms with Gasteiger partial charge in [0.05, 0.1) is 6.10 Å². The van der Waals surface area contributed by atoms with E-state index in [-0.39, 0.29) is 11.5 Å². The molecule has 0 bridgehead atoms. The summed E-state index contributed by atoms with van der Waals surface area (Å²) in [4.78, 5) is 0. The molecule has 2 nitrogen and oxygen atoms in total. The van der Waals surface area contributed by atoms with Gasteiger partial charge in [0.1, 0.15) is 12.4 Å². The molecule has 0 aromatic heterocycles. The molecule has 1 saturated carbocycles. The van der Waals surface area contributed by atoms with Gasteiger partial charge in [-0.25, -0.2) is 0 Å². The summed E-state index contributed by atoms with van der Waals surface area (Å²) in [6.07, 6.45) is 7.47. The number of ether oxygens (including phenoxy) is 1. The van der Waals surface area contributed by atoms with Crippen LogP contribution >= 0.6 is 0 Å². The highest BCUT2D eigenvalue weighted by Crippen LogP contribution is 2.40. The van der Waals surface area contributed by atoms with Gasteiger partial charge in [-0.1, -0.05) is 82.5 Å². The van der Waals surface area contributed by atoms with Crippen molar-refractivity contribution in [3.63, 3.8) is 0 Å². The van der Waals surface area contributed by atoms with E-state index in [1.165, 1.54) is 36.0 Å². The van der Waals surface area contributed by atoms with Crippen LogP contribution in [0, 0.1) is 0 Å². The van der Waals surface area contributed by atoms with Crippen LogP contribution in [0.25, 0.3) is 0 Å². The minimum Gasteiger partial charge on any atom is -0.489 e. The molecule has 28 heavy (non-hydrogen) atoms. The molecule has 3 rings (SSSR count). The molecule has 0 aliphatic heterocycles. The van der Waals surface area contributed by atoms with Gasteiger partial charge in [0.15, 0.2) is 0 Å². The summed E-state index contributed by atoms with van der Waals surface area (Å²) < 4.78 is 6.37. The van der Waals surface area contributed by atoms with E-state index in [4.69, 9.17) is 4.74 Å². The van der Waals surface area contributed by atoms with Crippen LogP contribution in [0.4, 0.5) is 0 Å². The molecule has 1 aliphatic carbocycles. The Hall–Kier alpha value is -1.80. The number of aliphatic hydroxyl groups excluding tert-OH is 1. The Bertz CT molecular complexity index is 735. The van der Waals surface area contributed by atoms with E-state index in [1.54, 1.807) is 0 Å². The van der Waals surface area contributed by atoms with Crippen molar-refractivity contribution in [2.24, 2.45) is 0 Å². The maximum absolute atomic E-state index is 10.2. The van der Waals surface area contributed by atoms with Crippen LogP contribution in [0.5, 0.6) is 5.75 Å². The second kappa shape index (κ2) is 9.60. The Morgan fingerprint density at radius 2 is 1.86 bits per heavy atom. The Balaban J connectivity index is 1.87. The van der Waals surface area contributed by atoms with Crippen LogP contribution < -0.4 is 4.74 Å². The monoisotopic (exact) mass is 380 g/mol. The Morgan fingerprint density at radius 3 is 2.57 bits per heavy atom. The average molecular weight is 381 g/mol. The van der Waals surface area contributed by atoms with Gasteiger partial charge in [0.2, 0.25) is 0 Å². The number of benzene rings is 2. The zero-order valence-corrected chi connectivity index (χ0v) is 17.8. The predicted molar refractivity (Wildman–Crippen MR) is 117 cm³/mol. The van der Waals surface area contributed by atoms with Gasteiger partial charge in [0.25, 0.3) is 0 Å². The molecular formula is C26H36O2. The summed E-state index contributed by atoms with van der Waals surface area (Å²) in [6, 6.07) is 17.2. The largest absolute Gasteiger partial charge is 0.489 e. The lowest BCUT2D eigenvalue weighted by Crippen LogP contribution is -2.20. The first kappa shape index (κ1) is 20.9. The van der Waals surface area contributed by atoms with Gasteiger partial charge in [-0.3, -0.25) is 0 Å². The summed E-state index contributed by atoms with van der Waals surface area (Å²) in [5, 5.41) is 10.2. The number of hydrogen-bond donors (Lipinski definition) is 1. The van der Waals surface area contributed by atoms with Gasteiger partial charge in [-0.05, 0) is 59.8 Å². The molecule has 2 atom stereocenters. The van der Waals surface area contributed by atoms with Crippen molar-refractivity contribution in [2.75, 3.05) is 0 Å². The third-order valence-electron chi connectivity index (χ3n) is 6.27. The van der Waals surface area contributed by atoms with Crippen LogP contribution in [0.1, 0.15) is 88.3 Å². The number of unbranched alkanes of at least 4 members (excludes halogenated alkanes) is 1. The normalized spacial score (nSPS) is 20.1. The molecule has 2 unspecified atom stereocenters. The Morgan fingerprint density at radius 1 is 1.07 bits per heavy atom. The molecule has 2 heteroatoms. The van der Waals surface area contributed by atoms with Crippen molar-refractivity contribution in [3.8, 4) is 5.75 Å². The minimum absolute atomic E-state index is 0.144. The fourth-order valence-corrected chi connectivity index (χ4v) is 4.36. The molecular weight excluding hydrogens is 344 g/mol. The van der Waals surface area contributed by atoms with Crippen molar-refractivity contribution < 1.29 is 9.84 Å². The fraction of sp³-hybridized carbons (Fsp3) is 0.538. The van der Waals surface area contributed by atoms with Crippen molar-refractivity contribution in [1.29, 1.82) is 0 Å². The molecule has 0 radical (unpaired) electrons. The summed E-state index contributed by atoms with van der Waals surface area (Å²) in [5.74, 6) is 1.40. The lowest BCUT2D eigenvalue weighted by Gasteiger charge is -2.30. The van der Waals surface area contributed by atoms with Gasteiger partial charge < -0.3 is 9.84 Å². The summed E-state index contributed by atoms with van der Waals surface area (Å²) in [6.45, 7) is 7.51. The van der Waals surface area contributed by atoms with Crippen LogP contribution in [-0.2, 0) is 12.0 Å². The van der Waals surface area contributed by atoms with Gasteiger partial charge in [-0.2, -0.15) is 0 Å². The Labute approximate surface area is 170 Å². The first-order valence-corrected chi connectivity index (χ1v) is 11.0. The number of rotatable bonds is 8. The highest BCUT2D eigenvalue weighted by Gasteiger charge is 2.27. The number of aliphatic hydroxyl groups is 1. The standard InChI is InChI=1S/C26H36O2/c1-4-5-16-26(2,3)22-14-15-24(21-12-9-13-23(27)17-21)25(18-22)28-19-20-10-7-6-8-11-20/h6-8,10-11,14-15,18,21,23,27H,4-5,9,12-13,16-17,19H2,1-3H3. The SMILES string of the molecule is CCCCC(C)(C)c1ccc(C2CCCC(O)C2)c(OCc2ccccc2)c1. The third-order valence-corrected chi connectivity index (χ3v) is 6.27. The molecule has 1 aliphatic rings. The lowest BCUT2D eigenvalue weighted by atomic mass is 9.77. The lowest BCUT2D eigenvalue weighted by molar-refractivity contribution is 0.118. The molecule has 0 heterocycles. The predicted octanol–water partition coefficient (Wildman–Crippen LogP) is 6.75. The van der Waals surface area contributed by atoms with E-state index in [0.29, 0.717) is 12.5 Å². The molecule has 1 N–H and O–H groups in total. The molecule has 2 aromatic carbocycles. The smallest absolute Gasteiger partial charge is 0.123 e. The topological polar surface area (TPSA) is 29.5 Å². The van der Waals surface area contributed by atoms with E-state index < -0.39 is 0 Å². The van der Waals surface area contributed by atoms with E-state index in [0.717, 1.165) is 31.4 Å². The second-order valence-electron chi connectivity index (χ2n) is 9.03. The van der Waals surface area contributed by atoms with Crippen LogP contribution in [0.3, 0.4) is 0 Å². The highest BCUT2D eigenvalue weighted by atomic mass is 16.5. The first-order valence-electron chi connectivity index (χ1n) is 11.0. The Kier molecular flexibility index (Phi) is 7.18. The van der Waals surface area contributed by atoms with Gasteiger partial charge >= 0.3 is 0 Å². The van der Waals surface area contributed by atoms with E-state index in [1.807, 2.05) is 6.07 Å². The molecule has 152 valence electrons. The van der Waals surface area contributed by atoms with Gasteiger partial charge in [-0.15, -0.1) is 0 Å². The zero-order chi connectivity index (χ0) is 20.0. The van der Waals surface area contributed by atoms with Crippen molar-refractivity contribution in [1.82, 2.24) is 0 Å². The first-order chi connectivity index (χ1) is 13.5. The minimum atomic E-state index is -0.179. The summed E-state index contributed by atoms with van der Waals surface area (Å²) in [5.41, 5.74) is 3.95. The van der Waals surface area contributed by atoms with E-state index in [9.17, 15) is 5.11 Å². The molecule has 2 aromatic rings. The maximum Gasteiger partial charge on any atom is 0.123 e. The quantitative estimate of drug-likeness (QED) is 0.549. The van der Waals surface area contributed by atoms with Crippen LogP contribution in [0.15, 0.2) is 48.5 Å². The average Bonchev–Trinajstić information content (AvgIpc) is 2.71. The molecule has 0 amide bonds. The van der Waals surface area contributed by atoms with E-state index >= 15 is 0 Å². The second-order valence-corrected chi connectivity index (χ2v) is 9.03. The molecule has 0 saturated heterocycles. The van der Waals surface area contributed by atoms with Crippen LogP contribution in [-0.4, -0.2) is 11.2 Å². The van der Waals surface area contributed by atoms with Crippen molar-refractivity contribution in [2.45, 2.75) is 89.8 Å². The summed E-state index contributed by atoms with van der Waals surface area (Å²) in [7, 11) is 0. The van der Waals surface area contributed by atoms with Crippen LogP contribution in [0.2, 0.25) is 0 Å². The maximum atomic E-state index is 10.2. The van der Waals surface area contributed by atoms with Gasteiger partial charge in [0, 0.05) is 0 Å². The van der Waals surface area contributed by atoms with E-state index in [2.05, 4.69) is 63.2 Å². The molecule has 1 fully saturated rings. The number of hydrogen-bond acceptors (Lipinski definition) is 2. The zero-order valence-electron chi connectivity index (χ0n) is 17.8. The summed E-state index contributed by atoms with van der Waals surface area (Å²) >= 11 is 0. The third kappa shape index (κ3) is 5.38. The molecule has 0 spiro atoms. The highest BCUT2D eigenvalue weighted by molar-refractivity contribution is 5.43. The van der Waals surface area contributed by atoms with Crippen molar-refractivity contribution in [3.05, 3.63) is 65.2 Å². The fourth-order valence-electron chi connectivity index (χ4n) is 4.36. The van der Waals surface area contributed by atoms with Crippen molar-refractivity contribution >= 4 is 0 Å².